The van der Waals surface area contributed by atoms with Gasteiger partial charge in [-0.1, -0.05) is 20.8 Å². The van der Waals surface area contributed by atoms with Crippen molar-refractivity contribution in [1.82, 2.24) is 10.3 Å². The van der Waals surface area contributed by atoms with E-state index in [0.29, 0.717) is 10.9 Å². The molecule has 0 fully saturated rings. The third-order valence-electron chi connectivity index (χ3n) is 2.69. The highest BCUT2D eigenvalue weighted by Crippen LogP contribution is 2.18. The van der Waals surface area contributed by atoms with Gasteiger partial charge in [-0.15, -0.1) is 0 Å². The molecule has 1 heterocycles. The number of hydrogen-bond acceptors (Lipinski definition) is 3. The molecule has 4 N–H and O–H groups in total. The van der Waals surface area contributed by atoms with E-state index in [1.165, 1.54) is 0 Å². The lowest BCUT2D eigenvalue weighted by Crippen LogP contribution is -2.43. The zero-order valence-electron chi connectivity index (χ0n) is 10.7. The van der Waals surface area contributed by atoms with Gasteiger partial charge < -0.3 is 16.4 Å². The van der Waals surface area contributed by atoms with Gasteiger partial charge in [0.05, 0.1) is 11.9 Å². The number of nitrogens with two attached hydrogens (primary N) is 1. The molecule has 4 nitrogen and oxygen atoms in total. The summed E-state index contributed by atoms with van der Waals surface area (Å²) in [5.41, 5.74) is 6.50. The maximum Gasteiger partial charge on any atom is 0.171 e. The summed E-state index contributed by atoms with van der Waals surface area (Å²) in [6.45, 7) is 8.60. The third-order valence-corrected chi connectivity index (χ3v) is 2.91. The quantitative estimate of drug-likeness (QED) is 0.705. The Morgan fingerprint density at radius 1 is 1.41 bits per heavy atom. The second-order valence-corrected chi connectivity index (χ2v) is 5.57. The molecule has 1 aromatic rings. The summed E-state index contributed by atoms with van der Waals surface area (Å²) >= 11 is 5.23. The van der Waals surface area contributed by atoms with Crippen LogP contribution in [0.1, 0.15) is 27.7 Å². The van der Waals surface area contributed by atoms with Gasteiger partial charge in [0.2, 0.25) is 0 Å². The average Bonchev–Trinajstić information content (AvgIpc) is 2.20. The van der Waals surface area contributed by atoms with Gasteiger partial charge in [-0.2, -0.15) is 0 Å². The van der Waals surface area contributed by atoms with Crippen LogP contribution in [-0.4, -0.2) is 16.1 Å². The molecule has 0 aliphatic carbocycles. The number of thiocarbonyl (C=S) groups is 1. The molecule has 0 amide bonds. The Balaban J connectivity index is 2.53. The van der Waals surface area contributed by atoms with Gasteiger partial charge in [0.15, 0.2) is 5.11 Å². The van der Waals surface area contributed by atoms with E-state index in [2.05, 4.69) is 43.3 Å². The number of pyridine rings is 1. The smallest absolute Gasteiger partial charge is 0.171 e. The molecule has 0 aromatic carbocycles. The molecule has 0 radical (unpaired) electrons. The number of nitrogen functional groups attached to an aromatic ring is 1. The monoisotopic (exact) mass is 252 g/mol. The van der Waals surface area contributed by atoms with Crippen LogP contribution in [0, 0.1) is 5.41 Å². The highest BCUT2D eigenvalue weighted by atomic mass is 32.1. The lowest BCUT2D eigenvalue weighted by molar-refractivity contribution is 0.317. The van der Waals surface area contributed by atoms with Crippen molar-refractivity contribution >= 4 is 28.8 Å². The molecule has 0 spiro atoms. The molecule has 0 bridgehead atoms. The van der Waals surface area contributed by atoms with Crippen LogP contribution in [-0.2, 0) is 0 Å². The Kier molecular flexibility index (Phi) is 4.28. The zero-order valence-corrected chi connectivity index (χ0v) is 11.6. The van der Waals surface area contributed by atoms with Gasteiger partial charge in [0.25, 0.3) is 0 Å². The normalized spacial score (nSPS) is 12.9. The number of nitrogens with zero attached hydrogens (tertiary/aromatic N) is 1. The number of hydrogen-bond donors (Lipinski definition) is 3. The topological polar surface area (TPSA) is 63.0 Å². The summed E-state index contributed by atoms with van der Waals surface area (Å²) in [7, 11) is 0. The van der Waals surface area contributed by atoms with Crippen molar-refractivity contribution in [3.63, 3.8) is 0 Å². The fraction of sp³-hybridized carbons (Fsp3) is 0.500. The van der Waals surface area contributed by atoms with E-state index in [0.717, 1.165) is 5.69 Å². The first kappa shape index (κ1) is 13.7. The van der Waals surface area contributed by atoms with Crippen LogP contribution >= 0.6 is 12.2 Å². The Morgan fingerprint density at radius 3 is 2.53 bits per heavy atom. The third kappa shape index (κ3) is 4.56. The highest BCUT2D eigenvalue weighted by Gasteiger charge is 2.20. The summed E-state index contributed by atoms with van der Waals surface area (Å²) in [4.78, 5) is 3.99. The minimum atomic E-state index is 0.158. The van der Waals surface area contributed by atoms with E-state index in [9.17, 15) is 0 Å². The average molecular weight is 252 g/mol. The van der Waals surface area contributed by atoms with E-state index in [1.807, 2.05) is 6.07 Å². The minimum absolute atomic E-state index is 0.158. The van der Waals surface area contributed by atoms with Crippen molar-refractivity contribution in [2.75, 3.05) is 11.1 Å². The van der Waals surface area contributed by atoms with Crippen LogP contribution < -0.4 is 16.4 Å². The molecule has 0 aliphatic heterocycles. The van der Waals surface area contributed by atoms with Crippen LogP contribution in [0.3, 0.4) is 0 Å². The first-order valence-corrected chi connectivity index (χ1v) is 5.99. The van der Waals surface area contributed by atoms with Crippen molar-refractivity contribution < 1.29 is 0 Å². The molecule has 0 saturated heterocycles. The fourth-order valence-electron chi connectivity index (χ4n) is 1.06. The van der Waals surface area contributed by atoms with Crippen molar-refractivity contribution in [1.29, 1.82) is 0 Å². The molecule has 5 heteroatoms. The highest BCUT2D eigenvalue weighted by molar-refractivity contribution is 7.80. The molecule has 1 unspecified atom stereocenters. The maximum absolute atomic E-state index is 5.51. The predicted molar refractivity (Wildman–Crippen MR) is 76.9 cm³/mol. The standard InChI is InChI=1S/C12H20N4S/c1-8(12(2,3)4)15-11(17)16-9-5-6-10(13)14-7-9/h5-8H,1-4H3,(H2,13,14)(H2,15,16,17). The lowest BCUT2D eigenvalue weighted by atomic mass is 9.88. The van der Waals surface area contributed by atoms with Gasteiger partial charge in [-0.3, -0.25) is 0 Å². The van der Waals surface area contributed by atoms with Crippen LogP contribution in [0.15, 0.2) is 18.3 Å². The molecule has 1 aromatic heterocycles. The van der Waals surface area contributed by atoms with E-state index < -0.39 is 0 Å². The Morgan fingerprint density at radius 2 is 2.06 bits per heavy atom. The SMILES string of the molecule is CC(NC(=S)Nc1ccc(N)nc1)C(C)(C)C. The first-order chi connectivity index (χ1) is 7.79. The molecule has 17 heavy (non-hydrogen) atoms. The molecule has 1 atom stereocenters. The largest absolute Gasteiger partial charge is 0.384 e. The van der Waals surface area contributed by atoms with E-state index in [1.54, 1.807) is 12.3 Å². The number of rotatable bonds is 2. The summed E-state index contributed by atoms with van der Waals surface area (Å²) in [5.74, 6) is 0.498. The van der Waals surface area contributed by atoms with Crippen molar-refractivity contribution in [2.24, 2.45) is 5.41 Å². The maximum atomic E-state index is 5.51. The lowest BCUT2D eigenvalue weighted by Gasteiger charge is -2.29. The van der Waals surface area contributed by atoms with Crippen molar-refractivity contribution in [3.05, 3.63) is 18.3 Å². The minimum Gasteiger partial charge on any atom is -0.384 e. The van der Waals surface area contributed by atoms with Gasteiger partial charge in [-0.25, -0.2) is 4.98 Å². The molecule has 1 rings (SSSR count). The van der Waals surface area contributed by atoms with Crippen LogP contribution in [0.4, 0.5) is 11.5 Å². The summed E-state index contributed by atoms with van der Waals surface area (Å²) in [6, 6.07) is 3.86. The molecule has 94 valence electrons. The van der Waals surface area contributed by atoms with Gasteiger partial charge in [-0.05, 0) is 36.7 Å². The molecular weight excluding hydrogens is 232 g/mol. The zero-order chi connectivity index (χ0) is 13.1. The van der Waals surface area contributed by atoms with Crippen LogP contribution in [0.25, 0.3) is 0 Å². The Bertz CT molecular complexity index is 380. The predicted octanol–water partition coefficient (Wildman–Crippen LogP) is 2.38. The Hall–Kier alpha value is -1.36. The Labute approximate surface area is 108 Å². The van der Waals surface area contributed by atoms with Gasteiger partial charge in [0.1, 0.15) is 5.82 Å². The van der Waals surface area contributed by atoms with Crippen molar-refractivity contribution in [3.8, 4) is 0 Å². The van der Waals surface area contributed by atoms with Crippen LogP contribution in [0.5, 0.6) is 0 Å². The van der Waals surface area contributed by atoms with Crippen LogP contribution in [0.2, 0.25) is 0 Å². The van der Waals surface area contributed by atoms with Gasteiger partial charge in [0, 0.05) is 6.04 Å². The number of aromatic nitrogens is 1. The number of anilines is 2. The van der Waals surface area contributed by atoms with E-state index >= 15 is 0 Å². The summed E-state index contributed by atoms with van der Waals surface area (Å²) < 4.78 is 0. The second-order valence-electron chi connectivity index (χ2n) is 5.16. The summed E-state index contributed by atoms with van der Waals surface area (Å²) in [6.07, 6.45) is 1.66. The van der Waals surface area contributed by atoms with Crippen molar-refractivity contribution in [2.45, 2.75) is 33.7 Å². The summed E-state index contributed by atoms with van der Waals surface area (Å²) in [5, 5.41) is 6.91. The first-order valence-electron chi connectivity index (χ1n) is 5.58. The van der Waals surface area contributed by atoms with E-state index in [4.69, 9.17) is 18.0 Å². The van der Waals surface area contributed by atoms with E-state index in [-0.39, 0.29) is 11.5 Å². The molecule has 0 aliphatic rings. The molecule has 0 saturated carbocycles. The molecular formula is C12H20N4S. The number of nitrogens with one attached hydrogen (secondary N) is 2. The second kappa shape index (κ2) is 5.31. The van der Waals surface area contributed by atoms with Gasteiger partial charge >= 0.3 is 0 Å². The fourth-order valence-corrected chi connectivity index (χ4v) is 1.35.